The molecule has 3 aromatic carbocycles. The highest BCUT2D eigenvalue weighted by Crippen LogP contribution is 2.29. The predicted molar refractivity (Wildman–Crippen MR) is 91.9 cm³/mol. The second-order valence-electron chi connectivity index (χ2n) is 6.05. The number of nitrogens with zero attached hydrogens (tertiary/aromatic N) is 1. The van der Waals surface area contributed by atoms with Gasteiger partial charge in [0.15, 0.2) is 0 Å². The average molecular weight is 327 g/mol. The fourth-order valence-corrected chi connectivity index (χ4v) is 2.98. The lowest BCUT2D eigenvalue weighted by molar-refractivity contribution is 0.246. The Balaban J connectivity index is 1.91. The molecule has 0 aliphatic heterocycles. The Bertz CT molecular complexity index is 850. The van der Waals surface area contributed by atoms with Crippen LogP contribution in [0.4, 0.5) is 8.78 Å². The van der Waals surface area contributed by atoms with Crippen molar-refractivity contribution < 1.29 is 13.9 Å². The van der Waals surface area contributed by atoms with Gasteiger partial charge in [-0.1, -0.05) is 42.5 Å². The summed E-state index contributed by atoms with van der Waals surface area (Å²) in [5, 5.41) is 11.5. The molecule has 0 aromatic heterocycles. The first-order valence-corrected chi connectivity index (χ1v) is 7.82. The molecular formula is C20H19F2NO. The third-order valence-corrected chi connectivity index (χ3v) is 4.47. The third-order valence-electron chi connectivity index (χ3n) is 4.47. The van der Waals surface area contributed by atoms with Crippen molar-refractivity contribution in [2.45, 2.75) is 19.5 Å². The standard InChI is InChI=1S/C20H19F2NO/c1-13(16-9-5-7-14-6-3-4-8-17(14)16)23(2)12-18-19(21)10-15(24)11-20(18)22/h3-11,13,24H,12H2,1-2H3/t13-/m1/s1. The number of benzene rings is 3. The van der Waals surface area contributed by atoms with Crippen LogP contribution in [0.1, 0.15) is 24.1 Å². The van der Waals surface area contributed by atoms with Gasteiger partial charge in [0.2, 0.25) is 0 Å². The Morgan fingerprint density at radius 3 is 2.33 bits per heavy atom. The maximum atomic E-state index is 14.0. The van der Waals surface area contributed by atoms with Crippen LogP contribution < -0.4 is 0 Å². The summed E-state index contributed by atoms with van der Waals surface area (Å²) < 4.78 is 27.9. The first kappa shape index (κ1) is 16.4. The number of halogens is 2. The van der Waals surface area contributed by atoms with Crippen LogP contribution in [-0.4, -0.2) is 17.1 Å². The largest absolute Gasteiger partial charge is 0.508 e. The minimum atomic E-state index is -0.732. The van der Waals surface area contributed by atoms with E-state index in [4.69, 9.17) is 0 Å². The minimum Gasteiger partial charge on any atom is -0.508 e. The summed E-state index contributed by atoms with van der Waals surface area (Å²) in [4.78, 5) is 1.89. The first-order chi connectivity index (χ1) is 11.5. The van der Waals surface area contributed by atoms with Crippen LogP contribution in [0, 0.1) is 11.6 Å². The summed E-state index contributed by atoms with van der Waals surface area (Å²) in [5.74, 6) is -1.87. The second kappa shape index (κ2) is 6.57. The van der Waals surface area contributed by atoms with Crippen LogP contribution in [-0.2, 0) is 6.54 Å². The Morgan fingerprint density at radius 1 is 1.00 bits per heavy atom. The smallest absolute Gasteiger partial charge is 0.134 e. The van der Waals surface area contributed by atoms with E-state index in [1.807, 2.05) is 55.3 Å². The van der Waals surface area contributed by atoms with Crippen molar-refractivity contribution in [2.24, 2.45) is 0 Å². The Morgan fingerprint density at radius 2 is 1.62 bits per heavy atom. The van der Waals surface area contributed by atoms with Crippen LogP contribution in [0.5, 0.6) is 5.75 Å². The van der Waals surface area contributed by atoms with E-state index in [-0.39, 0.29) is 18.2 Å². The summed E-state index contributed by atoms with van der Waals surface area (Å²) >= 11 is 0. The normalized spacial score (nSPS) is 12.7. The number of hydrogen-bond donors (Lipinski definition) is 1. The monoisotopic (exact) mass is 327 g/mol. The van der Waals surface area contributed by atoms with Crippen LogP contribution in [0.2, 0.25) is 0 Å². The van der Waals surface area contributed by atoms with Gasteiger partial charge in [-0.3, -0.25) is 4.90 Å². The molecule has 3 aromatic rings. The van der Waals surface area contributed by atoms with Gasteiger partial charge in [-0.25, -0.2) is 8.78 Å². The number of aromatic hydroxyl groups is 1. The number of hydrogen-bond acceptors (Lipinski definition) is 2. The molecule has 124 valence electrons. The highest BCUT2D eigenvalue weighted by molar-refractivity contribution is 5.86. The van der Waals surface area contributed by atoms with Crippen molar-refractivity contribution in [3.63, 3.8) is 0 Å². The molecule has 2 nitrogen and oxygen atoms in total. The summed E-state index contributed by atoms with van der Waals surface area (Å²) in [6, 6.07) is 16.0. The topological polar surface area (TPSA) is 23.5 Å². The van der Waals surface area contributed by atoms with Gasteiger partial charge in [0.1, 0.15) is 17.4 Å². The number of phenolic OH excluding ortho intramolecular Hbond substituents is 1. The molecule has 4 heteroatoms. The van der Waals surface area contributed by atoms with Crippen LogP contribution in [0.15, 0.2) is 54.6 Å². The maximum Gasteiger partial charge on any atom is 0.134 e. The third kappa shape index (κ3) is 3.10. The fraction of sp³-hybridized carbons (Fsp3) is 0.200. The van der Waals surface area contributed by atoms with Crippen molar-refractivity contribution in [2.75, 3.05) is 7.05 Å². The van der Waals surface area contributed by atoms with E-state index in [1.165, 1.54) is 0 Å². The Kier molecular flexibility index (Phi) is 4.49. The molecule has 3 rings (SSSR count). The highest BCUT2D eigenvalue weighted by atomic mass is 19.1. The number of phenols is 1. The molecule has 0 fully saturated rings. The molecule has 0 bridgehead atoms. The second-order valence-corrected chi connectivity index (χ2v) is 6.05. The predicted octanol–water partition coefficient (Wildman–Crippen LogP) is 5.02. The molecule has 0 heterocycles. The molecule has 0 aliphatic rings. The summed E-state index contributed by atoms with van der Waals surface area (Å²) in [5.41, 5.74) is 1.07. The quantitative estimate of drug-likeness (QED) is 0.727. The van der Waals surface area contributed by atoms with Gasteiger partial charge in [-0.15, -0.1) is 0 Å². The van der Waals surface area contributed by atoms with Crippen molar-refractivity contribution in [1.82, 2.24) is 4.90 Å². The fourth-order valence-electron chi connectivity index (χ4n) is 2.98. The van der Waals surface area contributed by atoms with E-state index in [2.05, 4.69) is 6.07 Å². The molecule has 0 aliphatic carbocycles. The van der Waals surface area contributed by atoms with E-state index in [9.17, 15) is 13.9 Å². The zero-order valence-corrected chi connectivity index (χ0v) is 13.6. The molecular weight excluding hydrogens is 308 g/mol. The minimum absolute atomic E-state index is 0.0243. The average Bonchev–Trinajstić information content (AvgIpc) is 2.56. The van der Waals surface area contributed by atoms with Crippen molar-refractivity contribution in [3.8, 4) is 5.75 Å². The molecule has 0 radical (unpaired) electrons. The number of fused-ring (bicyclic) bond motifs is 1. The SMILES string of the molecule is C[C@H](c1cccc2ccccc12)N(C)Cc1c(F)cc(O)cc1F. The van der Waals surface area contributed by atoms with Crippen molar-refractivity contribution in [1.29, 1.82) is 0 Å². The summed E-state index contributed by atoms with van der Waals surface area (Å²) in [6.45, 7) is 2.13. The Labute approximate surface area is 140 Å². The van der Waals surface area contributed by atoms with E-state index < -0.39 is 17.4 Å². The van der Waals surface area contributed by atoms with Crippen LogP contribution >= 0.6 is 0 Å². The molecule has 0 unspecified atom stereocenters. The number of rotatable bonds is 4. The van der Waals surface area contributed by atoms with Crippen molar-refractivity contribution >= 4 is 10.8 Å². The van der Waals surface area contributed by atoms with Gasteiger partial charge < -0.3 is 5.11 Å². The van der Waals surface area contributed by atoms with Gasteiger partial charge in [0.25, 0.3) is 0 Å². The van der Waals surface area contributed by atoms with E-state index >= 15 is 0 Å². The summed E-state index contributed by atoms with van der Waals surface area (Å²) in [7, 11) is 1.83. The molecule has 0 saturated carbocycles. The van der Waals surface area contributed by atoms with Crippen LogP contribution in [0.3, 0.4) is 0 Å². The Hall–Kier alpha value is -2.46. The molecule has 1 atom stereocenters. The van der Waals surface area contributed by atoms with Crippen molar-refractivity contribution in [3.05, 3.63) is 77.4 Å². The van der Waals surface area contributed by atoms with E-state index in [0.717, 1.165) is 28.5 Å². The molecule has 1 N–H and O–H groups in total. The lowest BCUT2D eigenvalue weighted by atomic mass is 9.98. The van der Waals surface area contributed by atoms with Crippen LogP contribution in [0.25, 0.3) is 10.8 Å². The molecule has 0 spiro atoms. The molecule has 24 heavy (non-hydrogen) atoms. The van der Waals surface area contributed by atoms with E-state index in [1.54, 1.807) is 0 Å². The van der Waals surface area contributed by atoms with Gasteiger partial charge in [-0.2, -0.15) is 0 Å². The van der Waals surface area contributed by atoms with Gasteiger partial charge in [0.05, 0.1) is 0 Å². The van der Waals surface area contributed by atoms with Gasteiger partial charge >= 0.3 is 0 Å². The first-order valence-electron chi connectivity index (χ1n) is 7.82. The lowest BCUT2D eigenvalue weighted by Gasteiger charge is -2.26. The zero-order chi connectivity index (χ0) is 17.3. The highest BCUT2D eigenvalue weighted by Gasteiger charge is 2.18. The van der Waals surface area contributed by atoms with Gasteiger partial charge in [-0.05, 0) is 30.3 Å². The zero-order valence-electron chi connectivity index (χ0n) is 13.6. The van der Waals surface area contributed by atoms with Gasteiger partial charge in [0, 0.05) is 30.3 Å². The maximum absolute atomic E-state index is 14.0. The van der Waals surface area contributed by atoms with E-state index in [0.29, 0.717) is 0 Å². The molecule has 0 amide bonds. The summed E-state index contributed by atoms with van der Waals surface area (Å²) in [6.07, 6.45) is 0. The molecule has 0 saturated heterocycles. The lowest BCUT2D eigenvalue weighted by Crippen LogP contribution is -2.23.